The van der Waals surface area contributed by atoms with Crippen LogP contribution in [0.3, 0.4) is 0 Å². The molecule has 0 saturated heterocycles. The third-order valence-corrected chi connectivity index (χ3v) is 4.58. The summed E-state index contributed by atoms with van der Waals surface area (Å²) in [5.74, 6) is 0.467. The van der Waals surface area contributed by atoms with Crippen LogP contribution in [0.15, 0.2) is 12.3 Å². The first-order valence-electron chi connectivity index (χ1n) is 8.18. The lowest BCUT2D eigenvalue weighted by Crippen LogP contribution is -2.38. The molecule has 6 heteroatoms. The second kappa shape index (κ2) is 6.98. The number of rotatable bonds is 2. The number of nitrogens with zero attached hydrogens (tertiary/aromatic N) is 2. The van der Waals surface area contributed by atoms with Crippen LogP contribution in [0.2, 0.25) is 0 Å². The van der Waals surface area contributed by atoms with Crippen LogP contribution in [0.25, 0.3) is 0 Å². The Morgan fingerprint density at radius 1 is 1.30 bits per heavy atom. The maximum Gasteiger partial charge on any atom is 0.339 e. The molecule has 1 aliphatic heterocycles. The van der Waals surface area contributed by atoms with Crippen LogP contribution in [0.5, 0.6) is 5.75 Å². The van der Waals surface area contributed by atoms with Gasteiger partial charge in [-0.1, -0.05) is 19.3 Å². The Balaban J connectivity index is 1.75. The predicted molar refractivity (Wildman–Crippen MR) is 83.1 cm³/mol. The van der Waals surface area contributed by atoms with Gasteiger partial charge in [0.15, 0.2) is 0 Å². The Kier molecular flexibility index (Phi) is 4.79. The average molecular weight is 318 g/mol. The highest BCUT2D eigenvalue weighted by atomic mass is 16.5. The van der Waals surface area contributed by atoms with Crippen LogP contribution in [-0.2, 0) is 16.1 Å². The van der Waals surface area contributed by atoms with Crippen molar-refractivity contribution in [2.24, 2.45) is 5.92 Å². The van der Waals surface area contributed by atoms with Crippen LogP contribution >= 0.6 is 0 Å². The number of hydrogen-bond acceptors (Lipinski definition) is 5. The molecule has 2 aliphatic rings. The maximum atomic E-state index is 12.7. The fourth-order valence-electron chi connectivity index (χ4n) is 3.27. The summed E-state index contributed by atoms with van der Waals surface area (Å²) in [4.78, 5) is 30.4. The van der Waals surface area contributed by atoms with Gasteiger partial charge in [0.25, 0.3) is 0 Å². The van der Waals surface area contributed by atoms with Gasteiger partial charge in [-0.05, 0) is 18.9 Å². The van der Waals surface area contributed by atoms with E-state index in [1.165, 1.54) is 19.7 Å². The minimum absolute atomic E-state index is 0.139. The van der Waals surface area contributed by atoms with Gasteiger partial charge < -0.3 is 14.4 Å². The first kappa shape index (κ1) is 15.8. The van der Waals surface area contributed by atoms with Gasteiger partial charge in [0.2, 0.25) is 5.91 Å². The molecule has 0 bridgehead atoms. The van der Waals surface area contributed by atoms with Gasteiger partial charge in [-0.25, -0.2) is 4.79 Å². The minimum Gasteiger partial charge on any atom is -0.490 e. The average Bonchev–Trinajstić information content (AvgIpc) is 2.82. The lowest BCUT2D eigenvalue weighted by Gasteiger charge is -2.27. The van der Waals surface area contributed by atoms with Crippen molar-refractivity contribution in [1.29, 1.82) is 0 Å². The third kappa shape index (κ3) is 3.46. The smallest absolute Gasteiger partial charge is 0.339 e. The number of carbonyl (C=O) groups is 2. The molecule has 6 nitrogen and oxygen atoms in total. The van der Waals surface area contributed by atoms with Gasteiger partial charge in [0.05, 0.1) is 25.8 Å². The Labute approximate surface area is 135 Å². The monoisotopic (exact) mass is 318 g/mol. The van der Waals surface area contributed by atoms with Crippen molar-refractivity contribution in [3.63, 3.8) is 0 Å². The molecule has 0 atom stereocenters. The van der Waals surface area contributed by atoms with Crippen molar-refractivity contribution < 1.29 is 19.1 Å². The van der Waals surface area contributed by atoms with Gasteiger partial charge in [0, 0.05) is 12.1 Å². The summed E-state index contributed by atoms with van der Waals surface area (Å²) in [5.41, 5.74) is 1.05. The van der Waals surface area contributed by atoms with Gasteiger partial charge in [0.1, 0.15) is 18.1 Å². The van der Waals surface area contributed by atoms with E-state index in [1.54, 1.807) is 6.07 Å². The van der Waals surface area contributed by atoms with Crippen LogP contribution in [0, 0.1) is 5.92 Å². The number of hydrogen-bond donors (Lipinski definition) is 0. The second-order valence-corrected chi connectivity index (χ2v) is 6.10. The number of esters is 1. The Morgan fingerprint density at radius 2 is 2.09 bits per heavy atom. The van der Waals surface area contributed by atoms with Crippen molar-refractivity contribution in [2.75, 3.05) is 20.3 Å². The zero-order chi connectivity index (χ0) is 16.2. The zero-order valence-corrected chi connectivity index (χ0v) is 13.4. The lowest BCUT2D eigenvalue weighted by molar-refractivity contribution is -0.137. The molecule has 23 heavy (non-hydrogen) atoms. The standard InChI is InChI=1S/C17H22N2O4/c1-22-17(21)13-9-15-14(18-10-13)11-19(7-8-23-15)16(20)12-5-3-2-4-6-12/h9-10,12H,2-8,11H2,1H3. The van der Waals surface area contributed by atoms with Crippen molar-refractivity contribution in [3.05, 3.63) is 23.5 Å². The summed E-state index contributed by atoms with van der Waals surface area (Å²) >= 11 is 0. The molecule has 3 rings (SSSR count). The van der Waals surface area contributed by atoms with Crippen molar-refractivity contribution >= 4 is 11.9 Å². The highest BCUT2D eigenvalue weighted by Crippen LogP contribution is 2.28. The van der Waals surface area contributed by atoms with E-state index in [4.69, 9.17) is 9.47 Å². The van der Waals surface area contributed by atoms with E-state index >= 15 is 0 Å². The second-order valence-electron chi connectivity index (χ2n) is 6.10. The van der Waals surface area contributed by atoms with Crippen LogP contribution in [0.1, 0.15) is 48.2 Å². The van der Waals surface area contributed by atoms with Crippen LogP contribution in [-0.4, -0.2) is 42.0 Å². The Bertz CT molecular complexity index is 596. The van der Waals surface area contributed by atoms with E-state index in [-0.39, 0.29) is 11.8 Å². The molecule has 1 amide bonds. The summed E-state index contributed by atoms with van der Waals surface area (Å²) in [6.45, 7) is 1.41. The van der Waals surface area contributed by atoms with Gasteiger partial charge in [-0.2, -0.15) is 0 Å². The van der Waals surface area contributed by atoms with Gasteiger partial charge >= 0.3 is 5.97 Å². The number of carbonyl (C=O) groups excluding carboxylic acids is 2. The molecule has 2 heterocycles. The van der Waals surface area contributed by atoms with E-state index in [0.717, 1.165) is 25.7 Å². The number of methoxy groups -OCH3 is 1. The molecular weight excluding hydrogens is 296 g/mol. The van der Waals surface area contributed by atoms with E-state index in [2.05, 4.69) is 4.98 Å². The van der Waals surface area contributed by atoms with Crippen LogP contribution in [0.4, 0.5) is 0 Å². The quantitative estimate of drug-likeness (QED) is 0.782. The summed E-state index contributed by atoms with van der Waals surface area (Å²) in [5, 5.41) is 0. The predicted octanol–water partition coefficient (Wildman–Crippen LogP) is 2.17. The molecule has 1 aromatic heterocycles. The highest BCUT2D eigenvalue weighted by molar-refractivity contribution is 5.89. The fraction of sp³-hybridized carbons (Fsp3) is 0.588. The number of pyridine rings is 1. The van der Waals surface area contributed by atoms with Crippen molar-refractivity contribution in [3.8, 4) is 5.75 Å². The Morgan fingerprint density at radius 3 is 2.83 bits per heavy atom. The molecule has 1 aromatic rings. The molecule has 1 saturated carbocycles. The SMILES string of the molecule is COC(=O)c1cnc2c(c1)OCCN(C(=O)C1CCCCC1)C2. The van der Waals surface area contributed by atoms with Crippen molar-refractivity contribution in [2.45, 2.75) is 38.6 Å². The largest absolute Gasteiger partial charge is 0.490 e. The molecule has 0 N–H and O–H groups in total. The zero-order valence-electron chi connectivity index (χ0n) is 13.4. The number of fused-ring (bicyclic) bond motifs is 1. The van der Waals surface area contributed by atoms with E-state index in [0.29, 0.717) is 36.7 Å². The van der Waals surface area contributed by atoms with Crippen molar-refractivity contribution in [1.82, 2.24) is 9.88 Å². The molecule has 0 radical (unpaired) electrons. The normalized spacial score (nSPS) is 18.6. The number of aromatic nitrogens is 1. The fourth-order valence-corrected chi connectivity index (χ4v) is 3.27. The summed E-state index contributed by atoms with van der Waals surface area (Å²) in [6, 6.07) is 1.64. The summed E-state index contributed by atoms with van der Waals surface area (Å²) in [7, 11) is 1.33. The minimum atomic E-state index is -0.441. The number of ether oxygens (including phenoxy) is 2. The highest BCUT2D eigenvalue weighted by Gasteiger charge is 2.28. The molecule has 0 aromatic carbocycles. The number of amides is 1. The molecule has 124 valence electrons. The summed E-state index contributed by atoms with van der Waals surface area (Å²) < 4.78 is 10.4. The molecular formula is C17H22N2O4. The van der Waals surface area contributed by atoms with E-state index in [1.807, 2.05) is 4.90 Å². The summed E-state index contributed by atoms with van der Waals surface area (Å²) in [6.07, 6.45) is 6.95. The van der Waals surface area contributed by atoms with Crippen LogP contribution < -0.4 is 4.74 Å². The molecule has 0 spiro atoms. The lowest BCUT2D eigenvalue weighted by atomic mass is 9.88. The maximum absolute atomic E-state index is 12.7. The first-order valence-corrected chi connectivity index (χ1v) is 8.18. The topological polar surface area (TPSA) is 68.7 Å². The van der Waals surface area contributed by atoms with Gasteiger partial charge in [-0.15, -0.1) is 0 Å². The van der Waals surface area contributed by atoms with Gasteiger partial charge in [-0.3, -0.25) is 9.78 Å². The van der Waals surface area contributed by atoms with E-state index < -0.39 is 5.97 Å². The third-order valence-electron chi connectivity index (χ3n) is 4.58. The molecule has 1 fully saturated rings. The Hall–Kier alpha value is -2.11. The van der Waals surface area contributed by atoms with E-state index in [9.17, 15) is 9.59 Å². The molecule has 0 unspecified atom stereocenters. The molecule has 1 aliphatic carbocycles. The first-order chi connectivity index (χ1) is 11.2.